The van der Waals surface area contributed by atoms with Gasteiger partial charge >= 0.3 is 5.97 Å². The van der Waals surface area contributed by atoms with Crippen molar-refractivity contribution < 1.29 is 9.90 Å². The van der Waals surface area contributed by atoms with Crippen LogP contribution in [0.25, 0.3) is 0 Å². The Morgan fingerprint density at radius 3 is 2.65 bits per heavy atom. The summed E-state index contributed by atoms with van der Waals surface area (Å²) in [6.07, 6.45) is 1.61. The molecule has 0 fully saturated rings. The van der Waals surface area contributed by atoms with E-state index in [1.165, 1.54) is 11.3 Å². The molecule has 88 valence electrons. The third-order valence-corrected chi connectivity index (χ3v) is 3.45. The summed E-state index contributed by atoms with van der Waals surface area (Å²) in [7, 11) is 0. The van der Waals surface area contributed by atoms with Crippen LogP contribution < -0.4 is 5.32 Å². The lowest BCUT2D eigenvalue weighted by molar-refractivity contribution is -0.142. The van der Waals surface area contributed by atoms with E-state index >= 15 is 0 Å². The molecule has 5 heteroatoms. The number of thiazole rings is 1. The summed E-state index contributed by atoms with van der Waals surface area (Å²) >= 11 is 1.32. The van der Waals surface area contributed by atoms with Crippen molar-refractivity contribution in [3.63, 3.8) is 0 Å². The molecular formula is C12H12N2O2S. The summed E-state index contributed by atoms with van der Waals surface area (Å²) in [4.78, 5) is 15.5. The lowest BCUT2D eigenvalue weighted by Crippen LogP contribution is -2.40. The second kappa shape index (κ2) is 4.55. The van der Waals surface area contributed by atoms with E-state index in [2.05, 4.69) is 10.3 Å². The lowest BCUT2D eigenvalue weighted by atomic mass is 10.0. The summed E-state index contributed by atoms with van der Waals surface area (Å²) < 4.78 is 0. The van der Waals surface area contributed by atoms with Crippen LogP contribution in [0.3, 0.4) is 0 Å². The number of benzene rings is 1. The number of para-hydroxylation sites is 1. The number of rotatable bonds is 4. The molecule has 0 saturated heterocycles. The number of nitrogens with zero attached hydrogens (tertiary/aromatic N) is 1. The van der Waals surface area contributed by atoms with Crippen LogP contribution in [0.5, 0.6) is 0 Å². The molecule has 0 spiro atoms. The van der Waals surface area contributed by atoms with Gasteiger partial charge in [0.1, 0.15) is 5.01 Å². The van der Waals surface area contributed by atoms with Crippen molar-refractivity contribution in [3.05, 3.63) is 46.9 Å². The monoisotopic (exact) mass is 248 g/mol. The summed E-state index contributed by atoms with van der Waals surface area (Å²) in [6, 6.07) is 9.25. The minimum atomic E-state index is -1.20. The fourth-order valence-corrected chi connectivity index (χ4v) is 2.23. The summed E-state index contributed by atoms with van der Waals surface area (Å²) in [5.74, 6) is -0.948. The maximum absolute atomic E-state index is 11.4. The van der Waals surface area contributed by atoms with E-state index in [0.717, 1.165) is 5.69 Å². The maximum Gasteiger partial charge on any atom is 0.336 e. The van der Waals surface area contributed by atoms with Crippen molar-refractivity contribution in [1.82, 2.24) is 4.98 Å². The number of aliphatic carboxylic acids is 1. The molecule has 2 aromatic rings. The first-order valence-electron chi connectivity index (χ1n) is 5.09. The fraction of sp³-hybridized carbons (Fsp3) is 0.167. The number of aromatic nitrogens is 1. The molecule has 0 aliphatic carbocycles. The SMILES string of the molecule is CC(Nc1ccccc1)(C(=O)O)c1nccs1. The normalized spacial score (nSPS) is 13.9. The standard InChI is InChI=1S/C12H12N2O2S/c1-12(11(15)16,10-13-7-8-17-10)14-9-5-3-2-4-6-9/h2-8,14H,1H3,(H,15,16). The van der Waals surface area contributed by atoms with Crippen LogP contribution >= 0.6 is 11.3 Å². The van der Waals surface area contributed by atoms with Gasteiger partial charge < -0.3 is 10.4 Å². The van der Waals surface area contributed by atoms with E-state index in [4.69, 9.17) is 0 Å². The van der Waals surface area contributed by atoms with E-state index in [-0.39, 0.29) is 0 Å². The van der Waals surface area contributed by atoms with E-state index in [1.54, 1.807) is 18.5 Å². The number of carbonyl (C=O) groups is 1. The maximum atomic E-state index is 11.4. The lowest BCUT2D eigenvalue weighted by Gasteiger charge is -2.25. The highest BCUT2D eigenvalue weighted by Crippen LogP contribution is 2.27. The molecule has 0 aliphatic heterocycles. The van der Waals surface area contributed by atoms with E-state index < -0.39 is 11.5 Å². The predicted molar refractivity (Wildman–Crippen MR) is 67.2 cm³/mol. The Morgan fingerprint density at radius 2 is 2.12 bits per heavy atom. The molecule has 0 amide bonds. The second-order valence-electron chi connectivity index (χ2n) is 3.76. The molecular weight excluding hydrogens is 236 g/mol. The van der Waals surface area contributed by atoms with Crippen molar-refractivity contribution in [3.8, 4) is 0 Å². The molecule has 0 saturated carbocycles. The van der Waals surface area contributed by atoms with Crippen molar-refractivity contribution in [2.24, 2.45) is 0 Å². The van der Waals surface area contributed by atoms with Crippen LogP contribution in [0.15, 0.2) is 41.9 Å². The summed E-state index contributed by atoms with van der Waals surface area (Å²) in [5.41, 5.74) is -0.442. The number of hydrogen-bond donors (Lipinski definition) is 2. The molecule has 0 radical (unpaired) electrons. The first-order chi connectivity index (χ1) is 8.13. The van der Waals surface area contributed by atoms with Gasteiger partial charge in [-0.25, -0.2) is 9.78 Å². The van der Waals surface area contributed by atoms with Crippen LogP contribution in [-0.4, -0.2) is 16.1 Å². The molecule has 2 N–H and O–H groups in total. The molecule has 2 rings (SSSR count). The van der Waals surface area contributed by atoms with Gasteiger partial charge in [-0.15, -0.1) is 11.3 Å². The van der Waals surface area contributed by atoms with Crippen LogP contribution in [0.4, 0.5) is 5.69 Å². The highest BCUT2D eigenvalue weighted by Gasteiger charge is 2.37. The zero-order valence-electron chi connectivity index (χ0n) is 9.25. The molecule has 0 aliphatic rings. The van der Waals surface area contributed by atoms with Gasteiger partial charge in [0.15, 0.2) is 5.54 Å². The third-order valence-electron chi connectivity index (χ3n) is 2.46. The Hall–Kier alpha value is -1.88. The van der Waals surface area contributed by atoms with Gasteiger partial charge in [0.05, 0.1) is 0 Å². The van der Waals surface area contributed by atoms with Gasteiger partial charge in [-0.1, -0.05) is 18.2 Å². The van der Waals surface area contributed by atoms with Crippen molar-refractivity contribution in [2.45, 2.75) is 12.5 Å². The van der Waals surface area contributed by atoms with Gasteiger partial charge in [0, 0.05) is 17.3 Å². The van der Waals surface area contributed by atoms with Crippen LogP contribution in [0.1, 0.15) is 11.9 Å². The zero-order valence-corrected chi connectivity index (χ0v) is 10.1. The van der Waals surface area contributed by atoms with Gasteiger partial charge in [-0.05, 0) is 19.1 Å². The Bertz CT molecular complexity index is 498. The molecule has 1 unspecified atom stereocenters. The smallest absolute Gasteiger partial charge is 0.336 e. The molecule has 1 atom stereocenters. The molecule has 1 heterocycles. The first kappa shape index (κ1) is 11.6. The summed E-state index contributed by atoms with van der Waals surface area (Å²) in [6.45, 7) is 1.61. The largest absolute Gasteiger partial charge is 0.479 e. The Balaban J connectivity index is 2.34. The summed E-state index contributed by atoms with van der Waals surface area (Å²) in [5, 5.41) is 14.7. The molecule has 1 aromatic carbocycles. The first-order valence-corrected chi connectivity index (χ1v) is 5.97. The number of carboxylic acids is 1. The minimum Gasteiger partial charge on any atom is -0.479 e. The van der Waals surface area contributed by atoms with Crippen LogP contribution in [0, 0.1) is 0 Å². The van der Waals surface area contributed by atoms with Gasteiger partial charge in [-0.3, -0.25) is 0 Å². The van der Waals surface area contributed by atoms with Crippen LogP contribution in [0.2, 0.25) is 0 Å². The average molecular weight is 248 g/mol. The number of nitrogens with one attached hydrogen (secondary N) is 1. The number of anilines is 1. The van der Waals surface area contributed by atoms with E-state index in [9.17, 15) is 9.90 Å². The third kappa shape index (κ3) is 2.29. The van der Waals surface area contributed by atoms with Crippen LogP contribution in [-0.2, 0) is 10.3 Å². The topological polar surface area (TPSA) is 62.2 Å². The average Bonchev–Trinajstić information content (AvgIpc) is 2.84. The number of carboxylic acid groups (broad SMARTS) is 1. The second-order valence-corrected chi connectivity index (χ2v) is 4.65. The van der Waals surface area contributed by atoms with Crippen molar-refractivity contribution in [2.75, 3.05) is 5.32 Å². The molecule has 1 aromatic heterocycles. The van der Waals surface area contributed by atoms with E-state index in [0.29, 0.717) is 5.01 Å². The van der Waals surface area contributed by atoms with Gasteiger partial charge in [0.2, 0.25) is 0 Å². The zero-order chi connectivity index (χ0) is 12.3. The number of hydrogen-bond acceptors (Lipinski definition) is 4. The molecule has 4 nitrogen and oxygen atoms in total. The predicted octanol–water partition coefficient (Wildman–Crippen LogP) is 2.56. The molecule has 0 bridgehead atoms. The van der Waals surface area contributed by atoms with Gasteiger partial charge in [0.25, 0.3) is 0 Å². The Labute approximate surface area is 103 Å². The Kier molecular flexibility index (Phi) is 3.10. The Morgan fingerprint density at radius 1 is 1.41 bits per heavy atom. The van der Waals surface area contributed by atoms with E-state index in [1.807, 2.05) is 30.3 Å². The highest BCUT2D eigenvalue weighted by molar-refractivity contribution is 7.09. The van der Waals surface area contributed by atoms with Crippen molar-refractivity contribution >= 4 is 23.0 Å². The quantitative estimate of drug-likeness (QED) is 0.873. The van der Waals surface area contributed by atoms with Gasteiger partial charge in [-0.2, -0.15) is 0 Å². The fourth-order valence-electron chi connectivity index (χ4n) is 1.48. The highest BCUT2D eigenvalue weighted by atomic mass is 32.1. The van der Waals surface area contributed by atoms with Crippen molar-refractivity contribution in [1.29, 1.82) is 0 Å². The minimum absolute atomic E-state index is 0.536. The molecule has 17 heavy (non-hydrogen) atoms.